The summed E-state index contributed by atoms with van der Waals surface area (Å²) in [5, 5.41) is 9.09. The smallest absolute Gasteiger partial charge is 0.336 e. The summed E-state index contributed by atoms with van der Waals surface area (Å²) in [5.74, 6) is -0.439. The molecule has 0 fully saturated rings. The lowest BCUT2D eigenvalue weighted by molar-refractivity contribution is 0.0695. The van der Waals surface area contributed by atoms with Crippen LogP contribution in [0, 0.1) is 0 Å². The van der Waals surface area contributed by atoms with Crippen molar-refractivity contribution in [3.63, 3.8) is 0 Å². The van der Waals surface area contributed by atoms with Crippen molar-refractivity contribution >= 4 is 5.97 Å². The van der Waals surface area contributed by atoms with Crippen LogP contribution in [0.3, 0.4) is 0 Å². The van der Waals surface area contributed by atoms with Gasteiger partial charge >= 0.3 is 5.97 Å². The largest absolute Gasteiger partial charge is 0.497 e. The van der Waals surface area contributed by atoms with E-state index in [4.69, 9.17) is 9.84 Å². The van der Waals surface area contributed by atoms with Crippen LogP contribution >= 0.6 is 0 Å². The SMILES string of the molecule is COc1cccc(Cc2c(C(=O)O)cc[nH]c2=O)c1. The molecule has 0 aliphatic heterocycles. The molecule has 0 bridgehead atoms. The third-order valence-corrected chi connectivity index (χ3v) is 2.81. The number of rotatable bonds is 4. The zero-order chi connectivity index (χ0) is 13.8. The number of carbonyl (C=O) groups is 1. The fraction of sp³-hybridized carbons (Fsp3) is 0.143. The predicted molar refractivity (Wildman–Crippen MR) is 69.8 cm³/mol. The number of hydrogen-bond acceptors (Lipinski definition) is 3. The number of pyridine rings is 1. The Balaban J connectivity index is 2.43. The molecule has 2 N–H and O–H groups in total. The molecule has 0 saturated carbocycles. The van der Waals surface area contributed by atoms with E-state index in [2.05, 4.69) is 4.98 Å². The van der Waals surface area contributed by atoms with Gasteiger partial charge in [0.1, 0.15) is 5.75 Å². The number of benzene rings is 1. The molecule has 1 heterocycles. The minimum Gasteiger partial charge on any atom is -0.497 e. The van der Waals surface area contributed by atoms with Gasteiger partial charge in [0.25, 0.3) is 5.56 Å². The van der Waals surface area contributed by atoms with E-state index in [-0.39, 0.29) is 23.1 Å². The number of methoxy groups -OCH3 is 1. The summed E-state index contributed by atoms with van der Waals surface area (Å²) in [6, 6.07) is 8.57. The van der Waals surface area contributed by atoms with Gasteiger partial charge in [0.05, 0.1) is 12.7 Å². The first-order valence-corrected chi connectivity index (χ1v) is 5.68. The zero-order valence-electron chi connectivity index (χ0n) is 10.3. The summed E-state index contributed by atoms with van der Waals surface area (Å²) in [6.07, 6.45) is 1.58. The van der Waals surface area contributed by atoms with Crippen molar-refractivity contribution in [3.05, 3.63) is 63.6 Å². The normalized spacial score (nSPS) is 10.2. The topological polar surface area (TPSA) is 79.4 Å². The van der Waals surface area contributed by atoms with E-state index in [0.717, 1.165) is 5.56 Å². The highest BCUT2D eigenvalue weighted by atomic mass is 16.5. The molecule has 0 amide bonds. The van der Waals surface area contributed by atoms with Crippen LogP contribution in [0.25, 0.3) is 0 Å². The highest BCUT2D eigenvalue weighted by Crippen LogP contribution is 2.16. The third-order valence-electron chi connectivity index (χ3n) is 2.81. The number of hydrogen-bond donors (Lipinski definition) is 2. The summed E-state index contributed by atoms with van der Waals surface area (Å²) in [5.41, 5.74) is 0.691. The van der Waals surface area contributed by atoms with Gasteiger partial charge in [-0.2, -0.15) is 0 Å². The van der Waals surface area contributed by atoms with Crippen LogP contribution in [0.15, 0.2) is 41.3 Å². The van der Waals surface area contributed by atoms with E-state index < -0.39 is 5.97 Å². The maximum atomic E-state index is 11.8. The van der Waals surface area contributed by atoms with Gasteiger partial charge < -0.3 is 14.8 Å². The summed E-state index contributed by atoms with van der Waals surface area (Å²) in [4.78, 5) is 25.4. The Labute approximate surface area is 109 Å². The molecule has 0 aliphatic rings. The van der Waals surface area contributed by atoms with Crippen molar-refractivity contribution < 1.29 is 14.6 Å². The van der Waals surface area contributed by atoms with E-state index >= 15 is 0 Å². The van der Waals surface area contributed by atoms with Crippen LogP contribution in [0.4, 0.5) is 0 Å². The van der Waals surface area contributed by atoms with Crippen molar-refractivity contribution in [2.45, 2.75) is 6.42 Å². The number of carboxylic acid groups (broad SMARTS) is 1. The number of aromatic amines is 1. The lowest BCUT2D eigenvalue weighted by Crippen LogP contribution is -2.18. The molecule has 5 nitrogen and oxygen atoms in total. The Bertz CT molecular complexity index is 660. The summed E-state index contributed by atoms with van der Waals surface area (Å²) >= 11 is 0. The number of nitrogens with one attached hydrogen (secondary N) is 1. The van der Waals surface area contributed by atoms with Gasteiger partial charge in [-0.1, -0.05) is 12.1 Å². The molecule has 2 aromatic rings. The van der Waals surface area contributed by atoms with Gasteiger partial charge in [-0.15, -0.1) is 0 Å². The molecule has 0 atom stereocenters. The van der Waals surface area contributed by atoms with Crippen molar-refractivity contribution in [1.82, 2.24) is 4.98 Å². The first-order valence-electron chi connectivity index (χ1n) is 5.68. The summed E-state index contributed by atoms with van der Waals surface area (Å²) in [7, 11) is 1.55. The molecule has 0 spiro atoms. The number of H-pyrrole nitrogens is 1. The number of carboxylic acids is 1. The second-order valence-corrected chi connectivity index (χ2v) is 4.03. The molecular formula is C14H13NO4. The van der Waals surface area contributed by atoms with E-state index in [1.807, 2.05) is 6.07 Å². The van der Waals surface area contributed by atoms with E-state index in [1.165, 1.54) is 12.3 Å². The van der Waals surface area contributed by atoms with Crippen LogP contribution in [0.5, 0.6) is 5.75 Å². The van der Waals surface area contributed by atoms with Crippen LogP contribution in [0.2, 0.25) is 0 Å². The Kier molecular flexibility index (Phi) is 3.66. The minimum absolute atomic E-state index is 0.0200. The van der Waals surface area contributed by atoms with Gasteiger partial charge in [0.2, 0.25) is 0 Å². The maximum Gasteiger partial charge on any atom is 0.336 e. The quantitative estimate of drug-likeness (QED) is 0.875. The van der Waals surface area contributed by atoms with Crippen molar-refractivity contribution in [3.8, 4) is 5.75 Å². The predicted octanol–water partition coefficient (Wildman–Crippen LogP) is 1.67. The fourth-order valence-corrected chi connectivity index (χ4v) is 1.87. The van der Waals surface area contributed by atoms with Gasteiger partial charge in [-0.3, -0.25) is 4.79 Å². The average molecular weight is 259 g/mol. The molecule has 19 heavy (non-hydrogen) atoms. The monoisotopic (exact) mass is 259 g/mol. The van der Waals surface area contributed by atoms with Crippen molar-refractivity contribution in [2.24, 2.45) is 0 Å². The second kappa shape index (κ2) is 5.39. The molecule has 2 rings (SSSR count). The van der Waals surface area contributed by atoms with Gasteiger partial charge in [-0.25, -0.2) is 4.79 Å². The zero-order valence-corrected chi connectivity index (χ0v) is 10.3. The second-order valence-electron chi connectivity index (χ2n) is 4.03. The number of aromatic carboxylic acids is 1. The summed E-state index contributed by atoms with van der Waals surface area (Å²) < 4.78 is 5.10. The Morgan fingerprint density at radius 2 is 2.16 bits per heavy atom. The van der Waals surface area contributed by atoms with E-state index in [0.29, 0.717) is 5.75 Å². The average Bonchev–Trinajstić information content (AvgIpc) is 2.41. The van der Waals surface area contributed by atoms with E-state index in [9.17, 15) is 9.59 Å². The number of aromatic nitrogens is 1. The maximum absolute atomic E-state index is 11.8. The lowest BCUT2D eigenvalue weighted by Gasteiger charge is -2.06. The molecule has 1 aromatic heterocycles. The van der Waals surface area contributed by atoms with Crippen molar-refractivity contribution in [2.75, 3.05) is 7.11 Å². The van der Waals surface area contributed by atoms with Crippen LogP contribution in [0.1, 0.15) is 21.5 Å². The van der Waals surface area contributed by atoms with E-state index in [1.54, 1.807) is 25.3 Å². The molecule has 0 radical (unpaired) electrons. The first-order chi connectivity index (χ1) is 9.11. The first kappa shape index (κ1) is 12.9. The van der Waals surface area contributed by atoms with Gasteiger partial charge in [0.15, 0.2) is 0 Å². The molecule has 5 heteroatoms. The fourth-order valence-electron chi connectivity index (χ4n) is 1.87. The molecule has 1 aromatic carbocycles. The third kappa shape index (κ3) is 2.82. The van der Waals surface area contributed by atoms with Gasteiger partial charge in [0, 0.05) is 18.2 Å². The van der Waals surface area contributed by atoms with Crippen LogP contribution < -0.4 is 10.3 Å². The highest BCUT2D eigenvalue weighted by molar-refractivity contribution is 5.89. The molecule has 98 valence electrons. The Hall–Kier alpha value is -2.56. The van der Waals surface area contributed by atoms with Gasteiger partial charge in [-0.05, 0) is 23.8 Å². The molecule has 0 unspecified atom stereocenters. The number of ether oxygens (including phenoxy) is 1. The van der Waals surface area contributed by atoms with Crippen molar-refractivity contribution in [1.29, 1.82) is 0 Å². The van der Waals surface area contributed by atoms with Crippen LogP contribution in [-0.4, -0.2) is 23.2 Å². The standard InChI is InChI=1S/C14H13NO4/c1-19-10-4-2-3-9(7-10)8-12-11(14(17)18)5-6-15-13(12)16/h2-7H,8H2,1H3,(H,15,16)(H,17,18). The molecular weight excluding hydrogens is 246 g/mol. The summed E-state index contributed by atoms with van der Waals surface area (Å²) in [6.45, 7) is 0. The minimum atomic E-state index is -1.11. The molecule has 0 aliphatic carbocycles. The van der Waals surface area contributed by atoms with Crippen LogP contribution in [-0.2, 0) is 6.42 Å². The Morgan fingerprint density at radius 3 is 2.84 bits per heavy atom. The highest BCUT2D eigenvalue weighted by Gasteiger charge is 2.13. The lowest BCUT2D eigenvalue weighted by atomic mass is 10.0. The molecule has 0 saturated heterocycles. The Morgan fingerprint density at radius 1 is 1.37 bits per heavy atom.